The molecule has 0 saturated heterocycles. The van der Waals surface area contributed by atoms with Crippen molar-refractivity contribution in [2.24, 2.45) is 0 Å². The number of carbonyl (C=O) groups is 1. The van der Waals surface area contributed by atoms with E-state index in [0.717, 1.165) is 28.2 Å². The molecule has 156 valence electrons. The summed E-state index contributed by atoms with van der Waals surface area (Å²) in [5, 5.41) is 2.91. The average Bonchev–Trinajstić information content (AvgIpc) is 2.73. The summed E-state index contributed by atoms with van der Waals surface area (Å²) < 4.78 is 11.8. The molecule has 0 spiro atoms. The third-order valence-corrected chi connectivity index (χ3v) is 4.83. The molecule has 4 nitrogen and oxygen atoms in total. The first kappa shape index (κ1) is 21.4. The molecule has 0 aliphatic rings. The van der Waals surface area contributed by atoms with Crippen molar-refractivity contribution in [1.82, 2.24) is 0 Å². The number of hydrogen-bond donors (Lipinski definition) is 1. The van der Waals surface area contributed by atoms with Gasteiger partial charge in [-0.15, -0.1) is 0 Å². The molecule has 0 bridgehead atoms. The van der Waals surface area contributed by atoms with Crippen molar-refractivity contribution < 1.29 is 14.3 Å². The molecule has 3 aromatic carbocycles. The number of aryl methyl sites for hydroxylation is 1. The lowest BCUT2D eigenvalue weighted by Crippen LogP contribution is -2.30. The molecule has 0 aliphatic heterocycles. The first-order chi connectivity index (χ1) is 14.4. The van der Waals surface area contributed by atoms with E-state index in [1.165, 1.54) is 0 Å². The van der Waals surface area contributed by atoms with Crippen LogP contribution in [0.3, 0.4) is 0 Å². The van der Waals surface area contributed by atoms with Crippen LogP contribution in [0, 0.1) is 6.92 Å². The zero-order valence-corrected chi connectivity index (χ0v) is 18.0. The SMILES string of the molecule is Cc1ccc(C(C)C)c(O[C@H](C)C(=O)Nc2ccc(OCc3ccccc3)cc2)c1. The predicted molar refractivity (Wildman–Crippen MR) is 121 cm³/mol. The third-order valence-electron chi connectivity index (χ3n) is 4.83. The van der Waals surface area contributed by atoms with Crippen LogP contribution in [0.2, 0.25) is 0 Å². The predicted octanol–water partition coefficient (Wildman–Crippen LogP) is 6.10. The minimum absolute atomic E-state index is 0.191. The molecular formula is C26H29NO3. The lowest BCUT2D eigenvalue weighted by atomic mass is 10.0. The van der Waals surface area contributed by atoms with Crippen LogP contribution < -0.4 is 14.8 Å². The van der Waals surface area contributed by atoms with E-state index in [0.29, 0.717) is 18.2 Å². The minimum Gasteiger partial charge on any atom is -0.489 e. The summed E-state index contributed by atoms with van der Waals surface area (Å²) in [5.41, 5.74) is 4.02. The first-order valence-corrected chi connectivity index (χ1v) is 10.3. The van der Waals surface area contributed by atoms with Gasteiger partial charge < -0.3 is 14.8 Å². The van der Waals surface area contributed by atoms with E-state index in [1.807, 2.05) is 67.6 Å². The molecule has 1 atom stereocenters. The van der Waals surface area contributed by atoms with E-state index >= 15 is 0 Å². The summed E-state index contributed by atoms with van der Waals surface area (Å²) in [6.07, 6.45) is -0.613. The molecule has 0 radical (unpaired) electrons. The molecule has 1 N–H and O–H groups in total. The van der Waals surface area contributed by atoms with E-state index < -0.39 is 6.10 Å². The van der Waals surface area contributed by atoms with Gasteiger partial charge in [-0.3, -0.25) is 4.79 Å². The van der Waals surface area contributed by atoms with Crippen LogP contribution in [-0.4, -0.2) is 12.0 Å². The van der Waals surface area contributed by atoms with Gasteiger partial charge in [0.05, 0.1) is 0 Å². The quantitative estimate of drug-likeness (QED) is 0.494. The smallest absolute Gasteiger partial charge is 0.265 e. The van der Waals surface area contributed by atoms with Crippen molar-refractivity contribution in [3.63, 3.8) is 0 Å². The van der Waals surface area contributed by atoms with Gasteiger partial charge in [0.2, 0.25) is 0 Å². The van der Waals surface area contributed by atoms with Gasteiger partial charge in [-0.25, -0.2) is 0 Å². The molecule has 4 heteroatoms. The summed E-state index contributed by atoms with van der Waals surface area (Å²) >= 11 is 0. The molecule has 1 amide bonds. The fourth-order valence-electron chi connectivity index (χ4n) is 3.08. The topological polar surface area (TPSA) is 47.6 Å². The highest BCUT2D eigenvalue weighted by atomic mass is 16.5. The Hall–Kier alpha value is -3.27. The number of amides is 1. The summed E-state index contributed by atoms with van der Waals surface area (Å²) in [5.74, 6) is 1.64. The van der Waals surface area contributed by atoms with Crippen LogP contribution in [0.15, 0.2) is 72.8 Å². The Balaban J connectivity index is 1.57. The highest BCUT2D eigenvalue weighted by molar-refractivity contribution is 5.94. The number of anilines is 1. The van der Waals surface area contributed by atoms with Gasteiger partial charge in [-0.1, -0.05) is 56.3 Å². The lowest BCUT2D eigenvalue weighted by Gasteiger charge is -2.19. The maximum absolute atomic E-state index is 12.6. The largest absolute Gasteiger partial charge is 0.489 e. The van der Waals surface area contributed by atoms with Gasteiger partial charge in [-0.2, -0.15) is 0 Å². The summed E-state index contributed by atoms with van der Waals surface area (Å²) in [7, 11) is 0. The lowest BCUT2D eigenvalue weighted by molar-refractivity contribution is -0.122. The van der Waals surface area contributed by atoms with Gasteiger partial charge in [0, 0.05) is 5.69 Å². The monoisotopic (exact) mass is 403 g/mol. The van der Waals surface area contributed by atoms with Gasteiger partial charge >= 0.3 is 0 Å². The Bertz CT molecular complexity index is 965. The Labute approximate surface area is 178 Å². The number of nitrogens with one attached hydrogen (secondary N) is 1. The Kier molecular flexibility index (Phi) is 7.12. The van der Waals surface area contributed by atoms with E-state index in [-0.39, 0.29) is 5.91 Å². The molecule has 0 saturated carbocycles. The second-order valence-corrected chi connectivity index (χ2v) is 7.74. The Morgan fingerprint density at radius 3 is 2.30 bits per heavy atom. The van der Waals surface area contributed by atoms with Crippen molar-refractivity contribution in [2.75, 3.05) is 5.32 Å². The van der Waals surface area contributed by atoms with Crippen molar-refractivity contribution in [1.29, 1.82) is 0 Å². The van der Waals surface area contributed by atoms with Gasteiger partial charge in [0.1, 0.15) is 18.1 Å². The van der Waals surface area contributed by atoms with Crippen LogP contribution >= 0.6 is 0 Å². The minimum atomic E-state index is -0.613. The standard InChI is InChI=1S/C26H29NO3/c1-18(2)24-15-10-19(3)16-25(24)30-20(4)26(28)27-22-11-13-23(14-12-22)29-17-21-8-6-5-7-9-21/h5-16,18,20H,17H2,1-4H3,(H,27,28)/t20-/m1/s1. The maximum Gasteiger partial charge on any atom is 0.265 e. The number of rotatable bonds is 8. The first-order valence-electron chi connectivity index (χ1n) is 10.3. The normalized spacial score (nSPS) is 11.8. The molecule has 3 aromatic rings. The number of benzene rings is 3. The van der Waals surface area contributed by atoms with Gasteiger partial charge in [0.25, 0.3) is 5.91 Å². The molecule has 0 aliphatic carbocycles. The van der Waals surface area contributed by atoms with Crippen molar-refractivity contribution in [3.8, 4) is 11.5 Å². The highest BCUT2D eigenvalue weighted by Crippen LogP contribution is 2.28. The zero-order valence-electron chi connectivity index (χ0n) is 18.0. The van der Waals surface area contributed by atoms with Crippen LogP contribution in [0.4, 0.5) is 5.69 Å². The average molecular weight is 404 g/mol. The highest BCUT2D eigenvalue weighted by Gasteiger charge is 2.18. The maximum atomic E-state index is 12.6. The molecular weight excluding hydrogens is 374 g/mol. The number of carbonyl (C=O) groups excluding carboxylic acids is 1. The van der Waals surface area contributed by atoms with Crippen molar-refractivity contribution in [2.45, 2.75) is 46.3 Å². The Morgan fingerprint density at radius 1 is 0.933 bits per heavy atom. The molecule has 0 unspecified atom stereocenters. The fourth-order valence-corrected chi connectivity index (χ4v) is 3.08. The molecule has 0 heterocycles. The third kappa shape index (κ3) is 5.86. The summed E-state index contributed by atoms with van der Waals surface area (Å²) in [4.78, 5) is 12.6. The molecule has 0 aromatic heterocycles. The van der Waals surface area contributed by atoms with Crippen LogP contribution in [-0.2, 0) is 11.4 Å². The van der Waals surface area contributed by atoms with Crippen LogP contribution in [0.1, 0.15) is 43.4 Å². The second kappa shape index (κ2) is 9.97. The summed E-state index contributed by atoms with van der Waals surface area (Å²) in [6.45, 7) is 8.52. The molecule has 0 fully saturated rings. The van der Waals surface area contributed by atoms with Crippen molar-refractivity contribution >= 4 is 11.6 Å². The fraction of sp³-hybridized carbons (Fsp3) is 0.269. The van der Waals surface area contributed by atoms with Crippen molar-refractivity contribution in [3.05, 3.63) is 89.5 Å². The number of hydrogen-bond acceptors (Lipinski definition) is 3. The van der Waals surface area contributed by atoms with Crippen LogP contribution in [0.5, 0.6) is 11.5 Å². The van der Waals surface area contributed by atoms with E-state index in [4.69, 9.17) is 9.47 Å². The van der Waals surface area contributed by atoms with Gasteiger partial charge in [-0.05, 0) is 66.8 Å². The second-order valence-electron chi connectivity index (χ2n) is 7.74. The molecule has 3 rings (SSSR count). The molecule has 30 heavy (non-hydrogen) atoms. The van der Waals surface area contributed by atoms with E-state index in [2.05, 4.69) is 31.3 Å². The van der Waals surface area contributed by atoms with Gasteiger partial charge in [0.15, 0.2) is 6.10 Å². The van der Waals surface area contributed by atoms with Crippen LogP contribution in [0.25, 0.3) is 0 Å². The Morgan fingerprint density at radius 2 is 1.63 bits per heavy atom. The van der Waals surface area contributed by atoms with E-state index in [9.17, 15) is 4.79 Å². The number of ether oxygens (including phenoxy) is 2. The zero-order chi connectivity index (χ0) is 21.5. The summed E-state index contributed by atoms with van der Waals surface area (Å²) in [6, 6.07) is 23.5. The van der Waals surface area contributed by atoms with E-state index in [1.54, 1.807) is 6.92 Å².